The molecule has 1 aliphatic rings. The van der Waals surface area contributed by atoms with Gasteiger partial charge in [0.2, 0.25) is 20.0 Å². The molecule has 1 saturated carbocycles. The van der Waals surface area contributed by atoms with E-state index in [1.165, 1.54) is 18.2 Å². The Balaban J connectivity index is 2.38. The van der Waals surface area contributed by atoms with Crippen LogP contribution in [-0.4, -0.2) is 40.0 Å². The lowest BCUT2D eigenvalue weighted by Gasteiger charge is -2.16. The van der Waals surface area contributed by atoms with E-state index in [9.17, 15) is 21.6 Å². The molecule has 1 fully saturated rings. The van der Waals surface area contributed by atoms with Gasteiger partial charge in [0.05, 0.1) is 0 Å². The van der Waals surface area contributed by atoms with Crippen molar-refractivity contribution < 1.29 is 26.7 Å². The van der Waals surface area contributed by atoms with E-state index >= 15 is 0 Å². The summed E-state index contributed by atoms with van der Waals surface area (Å²) in [6.07, 6.45) is 1.99. The van der Waals surface area contributed by atoms with Gasteiger partial charge in [-0.25, -0.2) is 21.6 Å². The molecule has 134 valence electrons. The Labute approximate surface area is 141 Å². The summed E-state index contributed by atoms with van der Waals surface area (Å²) in [5.41, 5.74) is 0. The molecule has 10 heteroatoms. The topological polar surface area (TPSA) is 130 Å². The highest BCUT2D eigenvalue weighted by Gasteiger charge is 2.33. The smallest absolute Gasteiger partial charge is 0.321 e. The van der Waals surface area contributed by atoms with Crippen molar-refractivity contribution in [3.8, 4) is 0 Å². The number of nitrogens with one attached hydrogen (secondary N) is 2. The maximum atomic E-state index is 12.5. The summed E-state index contributed by atoms with van der Waals surface area (Å²) in [6.45, 7) is 1.72. The van der Waals surface area contributed by atoms with Crippen LogP contribution in [0.2, 0.25) is 0 Å². The van der Waals surface area contributed by atoms with Crippen LogP contribution < -0.4 is 9.44 Å². The van der Waals surface area contributed by atoms with Gasteiger partial charge in [-0.1, -0.05) is 25.5 Å². The van der Waals surface area contributed by atoms with E-state index in [2.05, 4.69) is 9.44 Å². The highest BCUT2D eigenvalue weighted by molar-refractivity contribution is 7.92. The van der Waals surface area contributed by atoms with Crippen LogP contribution in [0.15, 0.2) is 34.1 Å². The Morgan fingerprint density at radius 1 is 1.17 bits per heavy atom. The van der Waals surface area contributed by atoms with Crippen molar-refractivity contribution in [2.45, 2.75) is 54.5 Å². The second kappa shape index (κ2) is 7.18. The molecule has 8 nitrogen and oxygen atoms in total. The SMILES string of the molecule is CCCC(NS(=O)(=O)c1ccccc1S(=O)(=O)NC1CC1)C(=O)O. The number of aliphatic carboxylic acids is 1. The predicted molar refractivity (Wildman–Crippen MR) is 86.4 cm³/mol. The first-order valence-corrected chi connectivity index (χ1v) is 10.5. The number of hydrogen-bond donors (Lipinski definition) is 3. The van der Waals surface area contributed by atoms with Crippen molar-refractivity contribution in [1.29, 1.82) is 0 Å². The van der Waals surface area contributed by atoms with Crippen molar-refractivity contribution in [2.24, 2.45) is 0 Å². The minimum atomic E-state index is -4.31. The molecule has 0 bridgehead atoms. The van der Waals surface area contributed by atoms with Crippen LogP contribution in [0.3, 0.4) is 0 Å². The predicted octanol–water partition coefficient (Wildman–Crippen LogP) is 0.659. The number of carboxylic acids is 1. The lowest BCUT2D eigenvalue weighted by molar-refractivity contribution is -0.139. The Hall–Kier alpha value is -1.49. The van der Waals surface area contributed by atoms with Crippen LogP contribution in [-0.2, 0) is 24.8 Å². The van der Waals surface area contributed by atoms with Crippen molar-refractivity contribution in [3.63, 3.8) is 0 Å². The van der Waals surface area contributed by atoms with E-state index in [0.29, 0.717) is 19.3 Å². The Kier molecular flexibility index (Phi) is 5.63. The van der Waals surface area contributed by atoms with Crippen molar-refractivity contribution in [2.75, 3.05) is 0 Å². The van der Waals surface area contributed by atoms with Gasteiger partial charge in [0.15, 0.2) is 0 Å². The molecule has 1 unspecified atom stereocenters. The maximum Gasteiger partial charge on any atom is 0.321 e. The summed E-state index contributed by atoms with van der Waals surface area (Å²) in [5.74, 6) is -1.31. The fraction of sp³-hybridized carbons (Fsp3) is 0.500. The summed E-state index contributed by atoms with van der Waals surface area (Å²) < 4.78 is 54.3. The molecule has 1 aromatic rings. The van der Waals surface area contributed by atoms with Gasteiger partial charge in [0, 0.05) is 6.04 Å². The van der Waals surface area contributed by atoms with Crippen molar-refractivity contribution in [1.82, 2.24) is 9.44 Å². The molecule has 1 atom stereocenters. The highest BCUT2D eigenvalue weighted by atomic mass is 32.2. The van der Waals surface area contributed by atoms with E-state index in [4.69, 9.17) is 5.11 Å². The van der Waals surface area contributed by atoms with Gasteiger partial charge in [-0.05, 0) is 31.4 Å². The average Bonchev–Trinajstić information content (AvgIpc) is 3.30. The number of hydrogen-bond acceptors (Lipinski definition) is 5. The number of rotatable bonds is 9. The van der Waals surface area contributed by atoms with Gasteiger partial charge in [-0.15, -0.1) is 0 Å². The van der Waals surface area contributed by atoms with Crippen molar-refractivity contribution in [3.05, 3.63) is 24.3 Å². The fourth-order valence-corrected chi connectivity index (χ4v) is 5.51. The number of benzene rings is 1. The van der Waals surface area contributed by atoms with Crippen LogP contribution in [0.5, 0.6) is 0 Å². The molecule has 1 aliphatic carbocycles. The minimum absolute atomic E-state index is 0.101. The maximum absolute atomic E-state index is 12.5. The number of carbonyl (C=O) groups is 1. The van der Waals surface area contributed by atoms with Crippen molar-refractivity contribution >= 4 is 26.0 Å². The summed E-state index contributed by atoms with van der Waals surface area (Å²) in [5, 5.41) is 9.11. The fourth-order valence-electron chi connectivity index (χ4n) is 2.15. The first-order valence-electron chi connectivity index (χ1n) is 7.54. The van der Waals surface area contributed by atoms with Gasteiger partial charge < -0.3 is 5.11 Å². The molecule has 2 rings (SSSR count). The normalized spacial score (nSPS) is 16.7. The molecule has 0 saturated heterocycles. The lowest BCUT2D eigenvalue weighted by atomic mass is 10.2. The summed E-state index contributed by atoms with van der Waals surface area (Å²) in [6, 6.07) is 3.66. The van der Waals surface area contributed by atoms with Gasteiger partial charge >= 0.3 is 5.97 Å². The van der Waals surface area contributed by atoms with E-state index in [0.717, 1.165) is 6.07 Å². The number of carboxylic acid groups (broad SMARTS) is 1. The summed E-state index contributed by atoms with van der Waals surface area (Å²) >= 11 is 0. The Morgan fingerprint density at radius 2 is 1.71 bits per heavy atom. The van der Waals surface area contributed by atoms with E-state index in [1.807, 2.05) is 0 Å². The van der Waals surface area contributed by atoms with Gasteiger partial charge in [-0.3, -0.25) is 4.79 Å². The molecular weight excluding hydrogens is 356 g/mol. The van der Waals surface area contributed by atoms with Crippen LogP contribution >= 0.6 is 0 Å². The van der Waals surface area contributed by atoms with E-state index < -0.39 is 37.0 Å². The monoisotopic (exact) mass is 376 g/mol. The molecule has 0 aliphatic heterocycles. The highest BCUT2D eigenvalue weighted by Crippen LogP contribution is 2.25. The minimum Gasteiger partial charge on any atom is -0.480 e. The van der Waals surface area contributed by atoms with Crippen LogP contribution in [0.25, 0.3) is 0 Å². The molecule has 0 spiro atoms. The third-order valence-electron chi connectivity index (χ3n) is 3.50. The summed E-state index contributed by atoms with van der Waals surface area (Å²) in [7, 11) is -8.30. The van der Waals surface area contributed by atoms with E-state index in [1.54, 1.807) is 6.92 Å². The molecule has 0 amide bonds. The molecule has 0 heterocycles. The van der Waals surface area contributed by atoms with Crippen LogP contribution in [0.4, 0.5) is 0 Å². The Morgan fingerprint density at radius 3 is 2.17 bits per heavy atom. The van der Waals surface area contributed by atoms with Gasteiger partial charge in [0.1, 0.15) is 15.8 Å². The second-order valence-electron chi connectivity index (χ2n) is 5.64. The zero-order valence-electron chi connectivity index (χ0n) is 13.1. The molecule has 0 aromatic heterocycles. The molecule has 3 N–H and O–H groups in total. The molecule has 0 radical (unpaired) electrons. The quantitative estimate of drug-likeness (QED) is 0.580. The summed E-state index contributed by atoms with van der Waals surface area (Å²) in [4.78, 5) is 10.3. The average molecular weight is 376 g/mol. The van der Waals surface area contributed by atoms with Gasteiger partial charge in [0.25, 0.3) is 0 Å². The van der Waals surface area contributed by atoms with Crippen LogP contribution in [0.1, 0.15) is 32.6 Å². The molecular formula is C14H20N2O6S2. The third-order valence-corrected chi connectivity index (χ3v) is 6.74. The largest absolute Gasteiger partial charge is 0.480 e. The van der Waals surface area contributed by atoms with E-state index in [-0.39, 0.29) is 17.4 Å². The standard InChI is InChI=1S/C14H20N2O6S2/c1-2-5-11(14(17)18)16-24(21,22)13-7-4-3-6-12(13)23(19,20)15-10-8-9-10/h3-4,6-7,10-11,15-16H,2,5,8-9H2,1H3,(H,17,18). The first-order chi connectivity index (χ1) is 11.2. The third kappa shape index (κ3) is 4.53. The number of sulfonamides is 2. The van der Waals surface area contributed by atoms with Crippen LogP contribution in [0, 0.1) is 0 Å². The molecule has 24 heavy (non-hydrogen) atoms. The Bertz CT molecular complexity index is 815. The second-order valence-corrected chi connectivity index (χ2v) is 9.01. The first kappa shape index (κ1) is 18.8. The zero-order chi connectivity index (χ0) is 18.0. The molecule has 1 aromatic carbocycles. The lowest BCUT2D eigenvalue weighted by Crippen LogP contribution is -2.41. The van der Waals surface area contributed by atoms with Gasteiger partial charge in [-0.2, -0.15) is 4.72 Å². The zero-order valence-corrected chi connectivity index (χ0v) is 14.7.